The molecule has 0 bridgehead atoms. The van der Waals surface area contributed by atoms with Crippen molar-refractivity contribution in [2.75, 3.05) is 5.32 Å². The Bertz CT molecular complexity index is 1110. The summed E-state index contributed by atoms with van der Waals surface area (Å²) in [5.74, 6) is 0.270. The predicted molar refractivity (Wildman–Crippen MR) is 96.0 cm³/mol. The van der Waals surface area contributed by atoms with Crippen LogP contribution in [-0.4, -0.2) is 24.5 Å². The molecule has 4 rings (SSSR count). The molecule has 11 heteroatoms. The first kappa shape index (κ1) is 17.6. The molecule has 0 saturated carbocycles. The highest BCUT2D eigenvalue weighted by Crippen LogP contribution is 2.31. The number of aromatic nitrogens is 5. The predicted octanol–water partition coefficient (Wildman–Crippen LogP) is 4.96. The van der Waals surface area contributed by atoms with Gasteiger partial charge in [-0.2, -0.15) is 13.2 Å². The largest absolute Gasteiger partial charge is 0.417 e. The molecule has 0 aliphatic rings. The van der Waals surface area contributed by atoms with Crippen molar-refractivity contribution in [1.82, 2.24) is 24.5 Å². The average Bonchev–Trinajstić information content (AvgIpc) is 3.07. The third kappa shape index (κ3) is 3.53. The number of hydrogen-bond acceptors (Lipinski definition) is 7. The molecule has 0 aliphatic carbocycles. The molecule has 136 valence electrons. The molecule has 27 heavy (non-hydrogen) atoms. The van der Waals surface area contributed by atoms with Gasteiger partial charge in [0.05, 0.1) is 16.9 Å². The van der Waals surface area contributed by atoms with E-state index >= 15 is 0 Å². The quantitative estimate of drug-likeness (QED) is 0.516. The lowest BCUT2D eigenvalue weighted by molar-refractivity contribution is -0.137. The molecule has 0 spiro atoms. The van der Waals surface area contributed by atoms with Gasteiger partial charge in [-0.15, -0.1) is 5.10 Å². The van der Waals surface area contributed by atoms with Crippen molar-refractivity contribution in [2.24, 2.45) is 0 Å². The van der Waals surface area contributed by atoms with Crippen LogP contribution in [0.2, 0.25) is 4.34 Å². The fourth-order valence-corrected chi connectivity index (χ4v) is 3.03. The van der Waals surface area contributed by atoms with Crippen LogP contribution in [0.5, 0.6) is 0 Å². The summed E-state index contributed by atoms with van der Waals surface area (Å²) >= 11 is 7.10. The van der Waals surface area contributed by atoms with E-state index in [1.54, 1.807) is 18.2 Å². The lowest BCUT2D eigenvalue weighted by atomic mass is 10.2. The highest BCUT2D eigenvalue weighted by molar-refractivity contribution is 7.10. The topological polar surface area (TPSA) is 76.5 Å². The van der Waals surface area contributed by atoms with Gasteiger partial charge in [0.15, 0.2) is 5.65 Å². The normalized spacial score (nSPS) is 11.7. The highest BCUT2D eigenvalue weighted by atomic mass is 35.5. The van der Waals surface area contributed by atoms with E-state index in [1.807, 2.05) is 0 Å². The van der Waals surface area contributed by atoms with Crippen LogP contribution in [-0.2, 0) is 6.18 Å². The molecule has 4 heterocycles. The van der Waals surface area contributed by atoms with Crippen molar-refractivity contribution >= 4 is 45.7 Å². The fraction of sp³-hybridized carbons (Fsp3) is 0.0625. The molecule has 0 amide bonds. The van der Waals surface area contributed by atoms with Gasteiger partial charge in [-0.3, -0.25) is 0 Å². The van der Waals surface area contributed by atoms with Gasteiger partial charge in [0, 0.05) is 29.3 Å². The van der Waals surface area contributed by atoms with Crippen molar-refractivity contribution in [1.29, 1.82) is 0 Å². The van der Waals surface area contributed by atoms with E-state index in [1.165, 1.54) is 12.3 Å². The maximum atomic E-state index is 12.6. The van der Waals surface area contributed by atoms with Crippen LogP contribution in [0.1, 0.15) is 5.56 Å². The van der Waals surface area contributed by atoms with E-state index in [4.69, 9.17) is 11.6 Å². The number of fused-ring (bicyclic) bond motifs is 1. The fourth-order valence-electron chi connectivity index (χ4n) is 2.38. The van der Waals surface area contributed by atoms with Crippen LogP contribution >= 0.6 is 23.1 Å². The highest BCUT2D eigenvalue weighted by Gasteiger charge is 2.30. The first-order valence-electron chi connectivity index (χ1n) is 7.46. The molecule has 0 saturated heterocycles. The number of hydrogen-bond donors (Lipinski definition) is 1. The lowest BCUT2D eigenvalue weighted by Gasteiger charge is -2.10. The van der Waals surface area contributed by atoms with Gasteiger partial charge in [0.1, 0.15) is 15.8 Å². The molecule has 4 aromatic rings. The summed E-state index contributed by atoms with van der Waals surface area (Å²) in [5, 5.41) is 7.59. The van der Waals surface area contributed by atoms with Gasteiger partial charge in [-0.1, -0.05) is 16.1 Å². The minimum atomic E-state index is -4.43. The van der Waals surface area contributed by atoms with Crippen LogP contribution in [0.15, 0.2) is 42.7 Å². The first-order chi connectivity index (χ1) is 12.9. The summed E-state index contributed by atoms with van der Waals surface area (Å²) in [4.78, 5) is 12.5. The number of rotatable bonds is 3. The molecule has 0 aromatic carbocycles. The zero-order valence-electron chi connectivity index (χ0n) is 13.2. The molecular weight excluding hydrogens is 401 g/mol. The van der Waals surface area contributed by atoms with Gasteiger partial charge in [0.25, 0.3) is 0 Å². The monoisotopic (exact) mass is 408 g/mol. The van der Waals surface area contributed by atoms with Gasteiger partial charge in [0.2, 0.25) is 0 Å². The van der Waals surface area contributed by atoms with E-state index in [-0.39, 0.29) is 5.82 Å². The Kier molecular flexibility index (Phi) is 4.36. The molecule has 6 nitrogen and oxygen atoms in total. The van der Waals surface area contributed by atoms with Crippen molar-refractivity contribution in [3.8, 4) is 11.4 Å². The zero-order chi connectivity index (χ0) is 19.0. The maximum absolute atomic E-state index is 12.6. The summed E-state index contributed by atoms with van der Waals surface area (Å²) in [6, 6.07) is 7.40. The van der Waals surface area contributed by atoms with E-state index in [9.17, 15) is 13.2 Å². The van der Waals surface area contributed by atoms with Crippen LogP contribution in [0.25, 0.3) is 22.4 Å². The number of nitrogens with one attached hydrogen (secondary N) is 1. The maximum Gasteiger partial charge on any atom is 0.417 e. The summed E-state index contributed by atoms with van der Waals surface area (Å²) in [6.07, 6.45) is -2.12. The zero-order valence-corrected chi connectivity index (χ0v) is 14.8. The van der Waals surface area contributed by atoms with Crippen LogP contribution < -0.4 is 5.32 Å². The Labute approximate surface area is 159 Å². The molecule has 0 radical (unpaired) electrons. The molecule has 0 unspecified atom stereocenters. The van der Waals surface area contributed by atoms with Gasteiger partial charge < -0.3 is 5.32 Å². The third-order valence-electron chi connectivity index (χ3n) is 3.65. The number of pyridine rings is 3. The molecular formula is C16H8ClF3N6S. The van der Waals surface area contributed by atoms with Crippen LogP contribution in [0.3, 0.4) is 0 Å². The minimum Gasteiger partial charge on any atom is -0.340 e. The Hall–Kier alpha value is -2.85. The Balaban J connectivity index is 1.67. The van der Waals surface area contributed by atoms with Gasteiger partial charge in [-0.05, 0) is 30.3 Å². The second-order valence-electron chi connectivity index (χ2n) is 5.38. The van der Waals surface area contributed by atoms with Crippen molar-refractivity contribution in [3.63, 3.8) is 0 Å². The molecule has 4 aromatic heterocycles. The van der Waals surface area contributed by atoms with E-state index in [2.05, 4.69) is 29.9 Å². The van der Waals surface area contributed by atoms with Crippen LogP contribution in [0.4, 0.5) is 24.7 Å². The van der Waals surface area contributed by atoms with Crippen molar-refractivity contribution in [2.45, 2.75) is 6.18 Å². The van der Waals surface area contributed by atoms with Crippen molar-refractivity contribution < 1.29 is 13.2 Å². The molecule has 0 atom stereocenters. The number of nitrogens with zero attached hydrogens (tertiary/aromatic N) is 5. The Morgan fingerprint density at radius 3 is 2.56 bits per heavy atom. The average molecular weight is 409 g/mol. The van der Waals surface area contributed by atoms with Crippen molar-refractivity contribution in [3.05, 3.63) is 52.6 Å². The van der Waals surface area contributed by atoms with E-state index in [0.717, 1.165) is 23.8 Å². The minimum absolute atomic E-state index is 0.270. The number of halogens is 4. The third-order valence-corrected chi connectivity index (χ3v) is 4.55. The smallest absolute Gasteiger partial charge is 0.340 e. The van der Waals surface area contributed by atoms with E-state index < -0.39 is 11.7 Å². The number of anilines is 2. The Morgan fingerprint density at radius 1 is 1.04 bits per heavy atom. The SMILES string of the molecule is FC(F)(F)c1ccc(Nc2ccnc3nc(-c4nnsc4Cl)ccc23)nc1. The van der Waals surface area contributed by atoms with Gasteiger partial charge in [-0.25, -0.2) is 15.0 Å². The first-order valence-corrected chi connectivity index (χ1v) is 8.61. The standard InChI is InChI=1S/C16H8ClF3N6S/c17-14-13(25-26-27-14)11-3-2-9-10(5-6-21-15(9)24-11)23-12-4-1-8(7-22-12)16(18,19)20/h1-7H,(H,21,22,23,24). The Morgan fingerprint density at radius 2 is 1.89 bits per heavy atom. The van der Waals surface area contributed by atoms with E-state index in [0.29, 0.717) is 32.4 Å². The summed E-state index contributed by atoms with van der Waals surface area (Å²) in [5.41, 5.74) is 1.21. The summed E-state index contributed by atoms with van der Waals surface area (Å²) in [6.45, 7) is 0. The molecule has 1 N–H and O–H groups in total. The lowest BCUT2D eigenvalue weighted by Crippen LogP contribution is -2.06. The second-order valence-corrected chi connectivity index (χ2v) is 6.73. The molecule has 0 aliphatic heterocycles. The number of alkyl halides is 3. The molecule has 0 fully saturated rings. The summed E-state index contributed by atoms with van der Waals surface area (Å²) in [7, 11) is 0. The summed E-state index contributed by atoms with van der Waals surface area (Å²) < 4.78 is 42.1. The second kappa shape index (κ2) is 6.71. The van der Waals surface area contributed by atoms with Crippen LogP contribution in [0, 0.1) is 0 Å². The van der Waals surface area contributed by atoms with Gasteiger partial charge >= 0.3 is 6.18 Å².